The van der Waals surface area contributed by atoms with Gasteiger partial charge < -0.3 is 28.5 Å². The molecular formula is C77H147N2O7P. The molecule has 0 saturated heterocycles. The van der Waals surface area contributed by atoms with Crippen LogP contribution in [0.25, 0.3) is 0 Å². The number of hydrogen-bond acceptors (Lipinski definition) is 7. The lowest BCUT2D eigenvalue weighted by Gasteiger charge is -2.30. The number of allylic oxidation sites excluding steroid dienone is 7. The van der Waals surface area contributed by atoms with Crippen LogP contribution in [-0.4, -0.2) is 69.4 Å². The van der Waals surface area contributed by atoms with Gasteiger partial charge in [0.2, 0.25) is 5.91 Å². The monoisotopic (exact) mass is 1240 g/mol. The molecule has 10 heteroatoms. The van der Waals surface area contributed by atoms with E-state index in [2.05, 4.69) is 62.5 Å². The van der Waals surface area contributed by atoms with Crippen molar-refractivity contribution in [2.24, 2.45) is 0 Å². The highest BCUT2D eigenvalue weighted by atomic mass is 31.2. The zero-order valence-electron chi connectivity index (χ0n) is 58.7. The molecule has 3 atom stereocenters. The van der Waals surface area contributed by atoms with Crippen LogP contribution in [0.2, 0.25) is 0 Å². The van der Waals surface area contributed by atoms with Crippen LogP contribution < -0.4 is 10.2 Å². The van der Waals surface area contributed by atoms with Gasteiger partial charge in [-0.1, -0.05) is 346 Å². The molecule has 9 nitrogen and oxygen atoms in total. The molecule has 1 N–H and O–H groups in total. The van der Waals surface area contributed by atoms with Gasteiger partial charge in [0, 0.05) is 12.8 Å². The Labute approximate surface area is 541 Å². The van der Waals surface area contributed by atoms with Gasteiger partial charge in [0.05, 0.1) is 33.8 Å². The number of amides is 1. The van der Waals surface area contributed by atoms with Crippen LogP contribution >= 0.6 is 7.82 Å². The number of carbonyl (C=O) groups excluding carboxylic acids is 2. The van der Waals surface area contributed by atoms with E-state index >= 15 is 0 Å². The van der Waals surface area contributed by atoms with E-state index in [1.54, 1.807) is 0 Å². The van der Waals surface area contributed by atoms with Gasteiger partial charge >= 0.3 is 5.97 Å². The Morgan fingerprint density at radius 3 is 1.07 bits per heavy atom. The third kappa shape index (κ3) is 68.2. The summed E-state index contributed by atoms with van der Waals surface area (Å²) in [5.41, 5.74) is 0. The highest BCUT2D eigenvalue weighted by Gasteiger charge is 2.27. The minimum Gasteiger partial charge on any atom is -0.756 e. The van der Waals surface area contributed by atoms with E-state index in [9.17, 15) is 19.0 Å². The van der Waals surface area contributed by atoms with Gasteiger partial charge in [0.15, 0.2) is 0 Å². The van der Waals surface area contributed by atoms with Crippen LogP contribution in [0.1, 0.15) is 380 Å². The molecule has 0 rings (SSSR count). The number of ether oxygens (including phenoxy) is 1. The third-order valence-corrected chi connectivity index (χ3v) is 18.2. The second-order valence-corrected chi connectivity index (χ2v) is 28.6. The third-order valence-electron chi connectivity index (χ3n) is 17.3. The topological polar surface area (TPSA) is 114 Å². The van der Waals surface area contributed by atoms with Crippen LogP contribution in [0.15, 0.2) is 48.6 Å². The highest BCUT2D eigenvalue weighted by Crippen LogP contribution is 2.38. The molecule has 0 radical (unpaired) electrons. The maximum Gasteiger partial charge on any atom is 0.306 e. The highest BCUT2D eigenvalue weighted by molar-refractivity contribution is 7.45. The first-order valence-corrected chi connectivity index (χ1v) is 39.4. The molecule has 0 aliphatic heterocycles. The molecular weight excluding hydrogens is 1100 g/mol. The fraction of sp³-hybridized carbons (Fsp3) is 0.870. The van der Waals surface area contributed by atoms with E-state index in [0.717, 1.165) is 70.6 Å². The predicted octanol–water partition coefficient (Wildman–Crippen LogP) is 23.7. The fourth-order valence-corrected chi connectivity index (χ4v) is 12.1. The average molecular weight is 1240 g/mol. The normalized spacial score (nSPS) is 13.7. The number of nitrogens with one attached hydrogen (secondary N) is 1. The first-order valence-electron chi connectivity index (χ1n) is 37.9. The van der Waals surface area contributed by atoms with Crippen molar-refractivity contribution in [1.29, 1.82) is 0 Å². The SMILES string of the molecule is CCCCC/C=C\C/C=C\C/C=C\CCCCCCCCCCCCCCC(=O)OC(/C=C/CCCCCCCCCCCCC)C(COP(=O)([O-])OCC[N+](C)(C)C)NC(=O)CCCCCCCCCCCCCCCCCCCCCCCCC. The van der Waals surface area contributed by atoms with E-state index in [0.29, 0.717) is 17.4 Å². The Bertz CT molecular complexity index is 1620. The number of quaternary nitrogens is 1. The number of likely N-dealkylation sites (N-methyl/N-ethyl adjacent to an activating group) is 1. The van der Waals surface area contributed by atoms with Gasteiger partial charge in [0.1, 0.15) is 19.3 Å². The molecule has 0 aliphatic carbocycles. The molecule has 0 aliphatic rings. The van der Waals surface area contributed by atoms with Gasteiger partial charge in [0.25, 0.3) is 7.82 Å². The summed E-state index contributed by atoms with van der Waals surface area (Å²) in [5, 5.41) is 3.06. The van der Waals surface area contributed by atoms with Crippen molar-refractivity contribution in [3.05, 3.63) is 48.6 Å². The average Bonchev–Trinajstić information content (AvgIpc) is 3.70. The smallest absolute Gasteiger partial charge is 0.306 e. The zero-order chi connectivity index (χ0) is 63.5. The molecule has 1 amide bonds. The van der Waals surface area contributed by atoms with Crippen LogP contribution in [0, 0.1) is 0 Å². The lowest BCUT2D eigenvalue weighted by molar-refractivity contribution is -0.870. The maximum atomic E-state index is 13.6. The summed E-state index contributed by atoms with van der Waals surface area (Å²) >= 11 is 0. The predicted molar refractivity (Wildman–Crippen MR) is 376 cm³/mol. The van der Waals surface area contributed by atoms with Gasteiger partial charge in [-0.15, -0.1) is 0 Å². The standard InChI is InChI=1S/C77H147N2O7P/c1-7-10-13-16-19-22-25-28-30-32-34-36-38-39-41-43-45-47-49-52-55-58-61-64-67-70-77(81)86-75(68-65-62-59-56-53-50-27-24-21-18-15-12-9-3)74(73-85-87(82,83)84-72-71-79(4,5)6)78-76(80)69-66-63-60-57-54-51-48-46-44-42-40-37-35-33-31-29-26-23-20-17-14-11-8-2/h19,22,28,30,34,36,65,68,74-75H,7-18,20-21,23-27,29,31-33,35,37-64,66-67,69-73H2,1-6H3,(H-,78,80,82,83)/b22-19-,30-28-,36-34-,68-65+. The minimum absolute atomic E-state index is 0.0202. The molecule has 0 aromatic rings. The second kappa shape index (κ2) is 66.9. The maximum absolute atomic E-state index is 13.6. The Hall–Kier alpha value is -2.03. The number of hydrogen-bond donors (Lipinski definition) is 1. The fourth-order valence-electron chi connectivity index (χ4n) is 11.4. The van der Waals surface area contributed by atoms with Crippen LogP contribution in [0.3, 0.4) is 0 Å². The number of carbonyl (C=O) groups is 2. The quantitative estimate of drug-likeness (QED) is 0.0212. The van der Waals surface area contributed by atoms with Gasteiger partial charge in [-0.2, -0.15) is 0 Å². The van der Waals surface area contributed by atoms with Crippen molar-refractivity contribution in [2.75, 3.05) is 40.9 Å². The van der Waals surface area contributed by atoms with Crippen LogP contribution in [0.4, 0.5) is 0 Å². The molecule has 0 spiro atoms. The number of unbranched alkanes of at least 4 members (excludes halogenated alkanes) is 48. The Morgan fingerprint density at radius 2 is 0.701 bits per heavy atom. The molecule has 512 valence electrons. The molecule has 0 aromatic heterocycles. The van der Waals surface area contributed by atoms with E-state index in [1.807, 2.05) is 33.3 Å². The number of phosphoric acid groups is 1. The van der Waals surface area contributed by atoms with Crippen molar-refractivity contribution < 1.29 is 37.3 Å². The molecule has 0 saturated carbocycles. The molecule has 0 fully saturated rings. The summed E-state index contributed by atoms with van der Waals surface area (Å²) in [4.78, 5) is 40.3. The number of phosphoric ester groups is 1. The molecule has 3 unspecified atom stereocenters. The summed E-state index contributed by atoms with van der Waals surface area (Å²) in [7, 11) is 1.20. The van der Waals surface area contributed by atoms with Crippen molar-refractivity contribution in [2.45, 2.75) is 392 Å². The second-order valence-electron chi connectivity index (χ2n) is 27.2. The number of nitrogens with zero attached hydrogens (tertiary/aromatic N) is 1. The van der Waals surface area contributed by atoms with Crippen molar-refractivity contribution >= 4 is 19.7 Å². The van der Waals surface area contributed by atoms with Gasteiger partial charge in [-0.05, 0) is 70.3 Å². The lowest BCUT2D eigenvalue weighted by atomic mass is 10.0. The van der Waals surface area contributed by atoms with E-state index in [4.69, 9.17) is 13.8 Å². The summed E-state index contributed by atoms with van der Waals surface area (Å²) in [5.74, 6) is -0.522. The molecule has 87 heavy (non-hydrogen) atoms. The Morgan fingerprint density at radius 1 is 0.402 bits per heavy atom. The van der Waals surface area contributed by atoms with Gasteiger partial charge in [-0.25, -0.2) is 0 Å². The van der Waals surface area contributed by atoms with Crippen molar-refractivity contribution in [3.63, 3.8) is 0 Å². The van der Waals surface area contributed by atoms with E-state index in [-0.39, 0.29) is 31.5 Å². The first kappa shape index (κ1) is 85.0. The number of esters is 1. The summed E-state index contributed by atoms with van der Waals surface area (Å²) in [6.07, 6.45) is 85.3. The van der Waals surface area contributed by atoms with E-state index < -0.39 is 20.0 Å². The lowest BCUT2D eigenvalue weighted by Crippen LogP contribution is -2.47. The van der Waals surface area contributed by atoms with Gasteiger partial charge in [-0.3, -0.25) is 14.2 Å². The van der Waals surface area contributed by atoms with Crippen LogP contribution in [-0.2, 0) is 27.9 Å². The Kier molecular flexibility index (Phi) is 65.3. The van der Waals surface area contributed by atoms with E-state index in [1.165, 1.54) is 276 Å². The molecule has 0 bridgehead atoms. The zero-order valence-corrected chi connectivity index (χ0v) is 59.6. The van der Waals surface area contributed by atoms with Crippen molar-refractivity contribution in [3.8, 4) is 0 Å². The largest absolute Gasteiger partial charge is 0.756 e. The minimum atomic E-state index is -4.71. The van der Waals surface area contributed by atoms with Crippen molar-refractivity contribution in [1.82, 2.24) is 5.32 Å². The summed E-state index contributed by atoms with van der Waals surface area (Å²) < 4.78 is 30.5. The first-order chi connectivity index (χ1) is 42.4. The Balaban J connectivity index is 5.01. The molecule has 0 heterocycles. The van der Waals surface area contributed by atoms with Crippen LogP contribution in [0.5, 0.6) is 0 Å². The molecule has 0 aromatic carbocycles. The summed E-state index contributed by atoms with van der Waals surface area (Å²) in [6, 6.07) is -0.888. The number of rotatable bonds is 70. The summed E-state index contributed by atoms with van der Waals surface area (Å²) in [6.45, 7) is 6.89.